The van der Waals surface area contributed by atoms with Crippen molar-refractivity contribution >= 4 is 0 Å². The summed E-state index contributed by atoms with van der Waals surface area (Å²) in [6.07, 6.45) is 7.07. The van der Waals surface area contributed by atoms with Crippen LogP contribution in [0.2, 0.25) is 0 Å². The van der Waals surface area contributed by atoms with E-state index in [1.807, 2.05) is 12.4 Å². The van der Waals surface area contributed by atoms with E-state index in [1.54, 1.807) is 0 Å². The Morgan fingerprint density at radius 1 is 1.35 bits per heavy atom. The number of rotatable bonds is 4. The van der Waals surface area contributed by atoms with Gasteiger partial charge in [-0.3, -0.25) is 9.88 Å². The molecule has 1 aliphatic heterocycles. The highest BCUT2D eigenvalue weighted by Gasteiger charge is 2.31. The molecule has 3 heterocycles. The van der Waals surface area contributed by atoms with Crippen molar-refractivity contribution in [1.82, 2.24) is 15.0 Å². The summed E-state index contributed by atoms with van der Waals surface area (Å²) in [7, 11) is 0. The zero-order chi connectivity index (χ0) is 13.9. The van der Waals surface area contributed by atoms with Gasteiger partial charge in [-0.25, -0.2) is 0 Å². The third-order valence-electron chi connectivity index (χ3n) is 4.14. The minimum atomic E-state index is 0.448. The number of likely N-dealkylation sites (tertiary alicyclic amines) is 1. The number of aromatic nitrogens is 2. The Bertz CT molecular complexity index is 564. The van der Waals surface area contributed by atoms with Gasteiger partial charge in [-0.1, -0.05) is 12.1 Å². The Kier molecular flexibility index (Phi) is 3.83. The van der Waals surface area contributed by atoms with Crippen LogP contribution in [-0.4, -0.2) is 21.6 Å². The fourth-order valence-electron chi connectivity index (χ4n) is 3.17. The van der Waals surface area contributed by atoms with E-state index in [1.165, 1.54) is 24.0 Å². The Morgan fingerprint density at radius 2 is 2.15 bits per heavy atom. The largest absolute Gasteiger partial charge is 0.361 e. The van der Waals surface area contributed by atoms with Gasteiger partial charge in [0.25, 0.3) is 0 Å². The topological polar surface area (TPSA) is 42.2 Å². The van der Waals surface area contributed by atoms with E-state index in [2.05, 4.69) is 41.0 Å². The molecule has 4 heteroatoms. The molecule has 106 valence electrons. The van der Waals surface area contributed by atoms with E-state index in [9.17, 15) is 0 Å². The van der Waals surface area contributed by atoms with E-state index in [-0.39, 0.29) is 0 Å². The first-order valence-corrected chi connectivity index (χ1v) is 7.37. The summed E-state index contributed by atoms with van der Waals surface area (Å²) in [5.41, 5.74) is 3.69. The lowest BCUT2D eigenvalue weighted by Gasteiger charge is -2.24. The molecule has 1 saturated heterocycles. The zero-order valence-corrected chi connectivity index (χ0v) is 12.2. The van der Waals surface area contributed by atoms with Gasteiger partial charge in [0.15, 0.2) is 0 Å². The second-order valence-corrected chi connectivity index (χ2v) is 5.44. The maximum Gasteiger partial charge on any atom is 0.141 e. The first kappa shape index (κ1) is 13.3. The van der Waals surface area contributed by atoms with Gasteiger partial charge in [-0.2, -0.15) is 0 Å². The smallest absolute Gasteiger partial charge is 0.141 e. The van der Waals surface area contributed by atoms with E-state index < -0.39 is 0 Å². The molecule has 1 atom stereocenters. The van der Waals surface area contributed by atoms with Crippen molar-refractivity contribution in [3.8, 4) is 0 Å². The number of hydrogen-bond acceptors (Lipinski definition) is 4. The maximum atomic E-state index is 5.47. The lowest BCUT2D eigenvalue weighted by Crippen LogP contribution is -2.23. The summed E-state index contributed by atoms with van der Waals surface area (Å²) in [6, 6.07) is 4.64. The predicted molar refractivity (Wildman–Crippen MR) is 77.2 cm³/mol. The van der Waals surface area contributed by atoms with Gasteiger partial charge in [0.05, 0.1) is 5.69 Å². The molecule has 0 N–H and O–H groups in total. The SMILES string of the molecule is CCc1onc(C)c1[C@@H]1CCCN1Cc1ccncc1. The molecule has 0 amide bonds. The molecule has 3 rings (SSSR count). The number of nitrogens with zero attached hydrogens (tertiary/aromatic N) is 3. The average molecular weight is 271 g/mol. The van der Waals surface area contributed by atoms with E-state index >= 15 is 0 Å². The first-order valence-electron chi connectivity index (χ1n) is 7.37. The van der Waals surface area contributed by atoms with Crippen LogP contribution in [0.5, 0.6) is 0 Å². The highest BCUT2D eigenvalue weighted by molar-refractivity contribution is 5.27. The Balaban J connectivity index is 1.83. The third kappa shape index (κ3) is 2.48. The Morgan fingerprint density at radius 3 is 2.90 bits per heavy atom. The summed E-state index contributed by atoms with van der Waals surface area (Å²) in [4.78, 5) is 6.62. The van der Waals surface area contributed by atoms with Gasteiger partial charge in [0, 0.05) is 37.0 Å². The van der Waals surface area contributed by atoms with Crippen molar-refractivity contribution in [1.29, 1.82) is 0 Å². The molecule has 0 radical (unpaired) electrons. The number of pyridine rings is 1. The van der Waals surface area contributed by atoms with Crippen molar-refractivity contribution in [2.45, 2.75) is 45.7 Å². The molecule has 0 saturated carbocycles. The van der Waals surface area contributed by atoms with Crippen LogP contribution in [0.25, 0.3) is 0 Å². The molecule has 2 aromatic heterocycles. The summed E-state index contributed by atoms with van der Waals surface area (Å²) >= 11 is 0. The highest BCUT2D eigenvalue weighted by Crippen LogP contribution is 2.36. The first-order chi connectivity index (χ1) is 9.79. The molecule has 0 spiro atoms. The third-order valence-corrected chi connectivity index (χ3v) is 4.14. The van der Waals surface area contributed by atoms with Crippen molar-refractivity contribution in [2.24, 2.45) is 0 Å². The van der Waals surface area contributed by atoms with Crippen LogP contribution in [0.15, 0.2) is 29.0 Å². The van der Waals surface area contributed by atoms with E-state index in [4.69, 9.17) is 4.52 Å². The quantitative estimate of drug-likeness (QED) is 0.856. The number of aryl methyl sites for hydroxylation is 2. The molecule has 0 aliphatic carbocycles. The standard InChI is InChI=1S/C16H21N3O/c1-3-15-16(12(2)18-20-15)14-5-4-10-19(14)11-13-6-8-17-9-7-13/h6-9,14H,3-5,10-11H2,1-2H3/t14-/m0/s1. The average Bonchev–Trinajstić information content (AvgIpc) is 3.06. The Labute approximate surface area is 119 Å². The van der Waals surface area contributed by atoms with Gasteiger partial charge < -0.3 is 4.52 Å². The van der Waals surface area contributed by atoms with Gasteiger partial charge in [-0.15, -0.1) is 0 Å². The molecular weight excluding hydrogens is 250 g/mol. The normalized spacial score (nSPS) is 19.6. The maximum absolute atomic E-state index is 5.47. The summed E-state index contributed by atoms with van der Waals surface area (Å²) in [5, 5.41) is 4.16. The molecule has 2 aromatic rings. The fourth-order valence-corrected chi connectivity index (χ4v) is 3.17. The molecular formula is C16H21N3O. The molecule has 4 nitrogen and oxygen atoms in total. The number of hydrogen-bond donors (Lipinski definition) is 0. The summed E-state index contributed by atoms with van der Waals surface area (Å²) in [6.45, 7) is 6.30. The zero-order valence-electron chi connectivity index (χ0n) is 12.2. The van der Waals surface area contributed by atoms with Gasteiger partial charge >= 0.3 is 0 Å². The van der Waals surface area contributed by atoms with Crippen molar-refractivity contribution in [3.05, 3.63) is 47.1 Å². The van der Waals surface area contributed by atoms with Crippen molar-refractivity contribution in [2.75, 3.05) is 6.54 Å². The monoisotopic (exact) mass is 271 g/mol. The molecule has 0 unspecified atom stereocenters. The summed E-state index contributed by atoms with van der Waals surface area (Å²) < 4.78 is 5.47. The van der Waals surface area contributed by atoms with Crippen LogP contribution in [0.1, 0.15) is 48.4 Å². The Hall–Kier alpha value is -1.68. The van der Waals surface area contributed by atoms with Crippen LogP contribution >= 0.6 is 0 Å². The second-order valence-electron chi connectivity index (χ2n) is 5.44. The predicted octanol–water partition coefficient (Wildman–Crippen LogP) is 3.28. The highest BCUT2D eigenvalue weighted by atomic mass is 16.5. The lowest BCUT2D eigenvalue weighted by molar-refractivity contribution is 0.245. The van der Waals surface area contributed by atoms with Gasteiger partial charge in [-0.05, 0) is 44.0 Å². The van der Waals surface area contributed by atoms with Gasteiger partial charge in [0.2, 0.25) is 0 Å². The molecule has 1 fully saturated rings. The molecule has 0 bridgehead atoms. The molecule has 20 heavy (non-hydrogen) atoms. The summed E-state index contributed by atoms with van der Waals surface area (Å²) in [5.74, 6) is 1.05. The van der Waals surface area contributed by atoms with Crippen molar-refractivity contribution in [3.63, 3.8) is 0 Å². The van der Waals surface area contributed by atoms with Crippen LogP contribution in [-0.2, 0) is 13.0 Å². The van der Waals surface area contributed by atoms with Gasteiger partial charge in [0.1, 0.15) is 5.76 Å². The fraction of sp³-hybridized carbons (Fsp3) is 0.500. The van der Waals surface area contributed by atoms with Crippen LogP contribution < -0.4 is 0 Å². The molecule has 1 aliphatic rings. The van der Waals surface area contributed by atoms with Crippen LogP contribution in [0, 0.1) is 6.92 Å². The lowest BCUT2D eigenvalue weighted by atomic mass is 10.0. The van der Waals surface area contributed by atoms with E-state index in [0.29, 0.717) is 6.04 Å². The minimum absolute atomic E-state index is 0.448. The van der Waals surface area contributed by atoms with Crippen molar-refractivity contribution < 1.29 is 4.52 Å². The van der Waals surface area contributed by atoms with E-state index in [0.717, 1.165) is 31.0 Å². The molecule has 0 aromatic carbocycles. The van der Waals surface area contributed by atoms with Crippen LogP contribution in [0.3, 0.4) is 0 Å². The van der Waals surface area contributed by atoms with Crippen LogP contribution in [0.4, 0.5) is 0 Å². The minimum Gasteiger partial charge on any atom is -0.361 e. The second kappa shape index (κ2) is 5.75.